The van der Waals surface area contributed by atoms with E-state index in [1.807, 2.05) is 0 Å². The van der Waals surface area contributed by atoms with Crippen molar-refractivity contribution in [2.45, 2.75) is 59.0 Å². The Bertz CT molecular complexity index is 417. The Balaban J connectivity index is 0. The second kappa shape index (κ2) is 13.2. The van der Waals surface area contributed by atoms with Gasteiger partial charge in [-0.2, -0.15) is 0 Å². The number of esters is 2. The Morgan fingerprint density at radius 1 is 0.917 bits per heavy atom. The minimum Gasteiger partial charge on any atom is -0.466 e. The number of carbonyl (C=O) groups is 2. The predicted octanol–water partition coefficient (Wildman–Crippen LogP) is 1.99. The van der Waals surface area contributed by atoms with E-state index < -0.39 is 15.4 Å². The average molecular weight is 350 g/mol. The van der Waals surface area contributed by atoms with E-state index >= 15 is 0 Å². The summed E-state index contributed by atoms with van der Waals surface area (Å²) in [4.78, 5) is 40.4. The Morgan fingerprint density at radius 3 is 1.67 bits per heavy atom. The van der Waals surface area contributed by atoms with Gasteiger partial charge in [0, 0.05) is 22.7 Å². The molecule has 0 aromatic rings. The number of rotatable bonds is 9. The molecule has 0 rings (SSSR count). The Morgan fingerprint density at radius 2 is 1.33 bits per heavy atom. The molecule has 0 aliphatic rings. The van der Waals surface area contributed by atoms with Crippen LogP contribution in [0, 0.1) is 20.2 Å². The van der Waals surface area contributed by atoms with E-state index in [0.29, 0.717) is 6.61 Å². The lowest BCUT2D eigenvalue weighted by atomic mass is 10.2. The lowest BCUT2D eigenvalue weighted by molar-refractivity contribution is -0.480. The van der Waals surface area contributed by atoms with E-state index in [1.165, 1.54) is 0 Å². The number of nitrogens with zero attached hydrogens (tertiary/aromatic N) is 2. The zero-order chi connectivity index (χ0) is 19.2. The van der Waals surface area contributed by atoms with Gasteiger partial charge < -0.3 is 9.47 Å². The van der Waals surface area contributed by atoms with Gasteiger partial charge in [-0.05, 0) is 27.7 Å². The minimum absolute atomic E-state index is 0.109. The number of hydrogen-bond donors (Lipinski definition) is 0. The summed E-state index contributed by atoms with van der Waals surface area (Å²) in [6.07, 6.45) is 0.737. The van der Waals surface area contributed by atoms with Crippen LogP contribution in [-0.4, -0.2) is 47.1 Å². The van der Waals surface area contributed by atoms with Crippen molar-refractivity contribution >= 4 is 11.9 Å². The van der Waals surface area contributed by atoms with Gasteiger partial charge in [0.15, 0.2) is 0 Å². The van der Waals surface area contributed by atoms with Crippen molar-refractivity contribution in [1.82, 2.24) is 0 Å². The zero-order valence-corrected chi connectivity index (χ0v) is 14.6. The average Bonchev–Trinajstić information content (AvgIpc) is 2.36. The molecule has 0 spiro atoms. The fourth-order valence-corrected chi connectivity index (χ4v) is 1.33. The highest BCUT2D eigenvalue weighted by atomic mass is 16.6. The second-order valence-corrected chi connectivity index (χ2v) is 5.71. The summed E-state index contributed by atoms with van der Waals surface area (Å²) >= 11 is 0. The molecule has 0 aromatic heterocycles. The van der Waals surface area contributed by atoms with Crippen LogP contribution in [0.3, 0.4) is 0 Å². The molecule has 0 bridgehead atoms. The third kappa shape index (κ3) is 22.0. The van der Waals surface area contributed by atoms with Crippen LogP contribution in [0.4, 0.5) is 0 Å². The number of nitro groups is 2. The summed E-state index contributed by atoms with van der Waals surface area (Å²) in [5.41, 5.74) is -0.508. The number of hydrogen-bond acceptors (Lipinski definition) is 8. The van der Waals surface area contributed by atoms with Crippen LogP contribution in [0.5, 0.6) is 0 Å². The van der Waals surface area contributed by atoms with E-state index in [-0.39, 0.29) is 50.7 Å². The highest BCUT2D eigenvalue weighted by molar-refractivity contribution is 5.69. The maximum absolute atomic E-state index is 11.0. The first-order valence-electron chi connectivity index (χ1n) is 7.59. The largest absolute Gasteiger partial charge is 0.466 e. The zero-order valence-electron chi connectivity index (χ0n) is 14.6. The van der Waals surface area contributed by atoms with E-state index in [4.69, 9.17) is 4.74 Å². The van der Waals surface area contributed by atoms with Crippen molar-refractivity contribution in [2.75, 3.05) is 19.7 Å². The van der Waals surface area contributed by atoms with Crippen molar-refractivity contribution in [3.63, 3.8) is 0 Å². The molecule has 0 unspecified atom stereocenters. The summed E-state index contributed by atoms with van der Waals surface area (Å²) in [6.45, 7) is 6.97. The molecular weight excluding hydrogens is 324 g/mol. The van der Waals surface area contributed by atoms with E-state index in [9.17, 15) is 29.8 Å². The van der Waals surface area contributed by atoms with Gasteiger partial charge in [-0.1, -0.05) is 0 Å². The summed E-state index contributed by atoms with van der Waals surface area (Å²) in [5.74, 6) is -0.747. The van der Waals surface area contributed by atoms with Crippen molar-refractivity contribution < 1.29 is 28.9 Å². The molecule has 0 aliphatic carbocycles. The highest BCUT2D eigenvalue weighted by Gasteiger charge is 2.16. The lowest BCUT2D eigenvalue weighted by Crippen LogP contribution is -2.24. The number of ether oxygens (including phenoxy) is 2. The van der Waals surface area contributed by atoms with Crippen LogP contribution in [0.1, 0.15) is 53.4 Å². The molecule has 0 atom stereocenters. The molecular formula is C14H26N2O8. The molecule has 10 nitrogen and oxygen atoms in total. The Hall–Kier alpha value is -2.26. The first-order chi connectivity index (χ1) is 11.0. The summed E-state index contributed by atoms with van der Waals surface area (Å²) in [6, 6.07) is 0. The lowest BCUT2D eigenvalue weighted by Gasteiger charge is -2.19. The highest BCUT2D eigenvalue weighted by Crippen LogP contribution is 2.08. The smallest absolute Gasteiger partial charge is 0.306 e. The first-order valence-corrected chi connectivity index (χ1v) is 7.59. The fourth-order valence-electron chi connectivity index (χ4n) is 1.33. The van der Waals surface area contributed by atoms with Crippen molar-refractivity contribution in [3.05, 3.63) is 20.2 Å². The summed E-state index contributed by atoms with van der Waals surface area (Å²) in [7, 11) is 0. The van der Waals surface area contributed by atoms with Crippen LogP contribution in [0.15, 0.2) is 0 Å². The van der Waals surface area contributed by atoms with Crippen molar-refractivity contribution in [3.8, 4) is 0 Å². The SMILES string of the molecule is CC(C)(C)OC(=O)CCC[N+](=O)[O-].CCOC(=O)CCC[N+](=O)[O-]. The van der Waals surface area contributed by atoms with E-state index in [0.717, 1.165) is 0 Å². The third-order valence-corrected chi connectivity index (χ3v) is 2.17. The van der Waals surface area contributed by atoms with Gasteiger partial charge in [-0.25, -0.2) is 0 Å². The van der Waals surface area contributed by atoms with Gasteiger partial charge in [-0.3, -0.25) is 29.8 Å². The maximum atomic E-state index is 11.0. The molecule has 0 radical (unpaired) electrons. The molecule has 140 valence electrons. The van der Waals surface area contributed by atoms with Crippen LogP contribution < -0.4 is 0 Å². The van der Waals surface area contributed by atoms with Gasteiger partial charge in [0.25, 0.3) is 0 Å². The third-order valence-electron chi connectivity index (χ3n) is 2.17. The molecule has 0 aromatic carbocycles. The monoisotopic (exact) mass is 350 g/mol. The molecule has 0 saturated heterocycles. The van der Waals surface area contributed by atoms with Crippen molar-refractivity contribution in [2.24, 2.45) is 0 Å². The topological polar surface area (TPSA) is 139 Å². The van der Waals surface area contributed by atoms with E-state index in [1.54, 1.807) is 27.7 Å². The van der Waals surface area contributed by atoms with Crippen molar-refractivity contribution in [1.29, 1.82) is 0 Å². The Kier molecular flexibility index (Phi) is 13.2. The van der Waals surface area contributed by atoms with Gasteiger partial charge >= 0.3 is 11.9 Å². The normalized spacial score (nSPS) is 10.2. The molecule has 0 amide bonds. The first kappa shape index (κ1) is 24.0. The predicted molar refractivity (Wildman–Crippen MR) is 84.7 cm³/mol. The molecule has 0 saturated carbocycles. The van der Waals surface area contributed by atoms with Gasteiger partial charge in [0.1, 0.15) is 5.60 Å². The van der Waals surface area contributed by atoms with Crippen LogP contribution >= 0.6 is 0 Å². The van der Waals surface area contributed by atoms with Gasteiger partial charge in [-0.15, -0.1) is 0 Å². The van der Waals surface area contributed by atoms with Crippen LogP contribution in [0.2, 0.25) is 0 Å². The molecule has 0 aliphatic heterocycles. The molecule has 0 N–H and O–H groups in total. The quantitative estimate of drug-likeness (QED) is 0.349. The maximum Gasteiger partial charge on any atom is 0.306 e. The molecule has 10 heteroatoms. The summed E-state index contributed by atoms with van der Waals surface area (Å²) < 4.78 is 9.52. The Labute approximate surface area is 140 Å². The van der Waals surface area contributed by atoms with Gasteiger partial charge in [0.2, 0.25) is 13.1 Å². The standard InChI is InChI=1S/C8H15NO4.C6H11NO4/c1-8(2,3)13-7(10)5-4-6-9(11)12;1-2-11-6(8)4-3-5-7(9)10/h4-6H2,1-3H3;2-5H2,1H3. The fraction of sp³-hybridized carbons (Fsp3) is 0.857. The van der Waals surface area contributed by atoms with Crippen LogP contribution in [-0.2, 0) is 19.1 Å². The minimum atomic E-state index is -0.508. The second-order valence-electron chi connectivity index (χ2n) is 5.71. The molecule has 0 heterocycles. The molecule has 0 fully saturated rings. The number of carbonyl (C=O) groups excluding carboxylic acids is 2. The van der Waals surface area contributed by atoms with Crippen LogP contribution in [0.25, 0.3) is 0 Å². The van der Waals surface area contributed by atoms with Gasteiger partial charge in [0.05, 0.1) is 19.4 Å². The summed E-state index contributed by atoms with van der Waals surface area (Å²) in [5, 5.41) is 19.7. The van der Waals surface area contributed by atoms with E-state index in [2.05, 4.69) is 4.74 Å². The molecule has 24 heavy (non-hydrogen) atoms.